The van der Waals surface area contributed by atoms with Gasteiger partial charge in [0.15, 0.2) is 0 Å². The Morgan fingerprint density at radius 2 is 1.64 bits per heavy atom. The fraction of sp³-hybridized carbons (Fsp3) is 0.483. The lowest BCUT2D eigenvalue weighted by Gasteiger charge is -2.34. The van der Waals surface area contributed by atoms with Gasteiger partial charge in [-0.3, -0.25) is 4.79 Å². The lowest BCUT2D eigenvalue weighted by atomic mass is 9.92. The molecule has 33 heavy (non-hydrogen) atoms. The minimum atomic E-state index is 0.101. The van der Waals surface area contributed by atoms with E-state index in [1.54, 1.807) is 0 Å². The average Bonchev–Trinajstić information content (AvgIpc) is 3.53. The van der Waals surface area contributed by atoms with Crippen LogP contribution < -0.4 is 0 Å². The van der Waals surface area contributed by atoms with Crippen LogP contribution in [0.1, 0.15) is 98.4 Å². The normalized spacial score (nSPS) is 17.1. The molecule has 0 N–H and O–H groups in total. The molecule has 2 aliphatic carbocycles. The molecule has 0 aliphatic heterocycles. The lowest BCUT2D eigenvalue weighted by Crippen LogP contribution is -2.40. The molecule has 3 aromatic rings. The standard InChI is InChI=1S/C27H30ClNOS.C2H6/c28-25-23-15-6-7-16-24(23)31-26(25)27(30)29(22-13-2-1-3-14-22)18-19-9-8-12-21(17-19)20-10-4-5-11-20;1-2/h6-9,12,15-17,20,22H,1-5,10-11,13-14,18H2;1-2H3. The molecule has 0 radical (unpaired) electrons. The van der Waals surface area contributed by atoms with Gasteiger partial charge < -0.3 is 4.90 Å². The summed E-state index contributed by atoms with van der Waals surface area (Å²) in [6.45, 7) is 4.68. The van der Waals surface area contributed by atoms with E-state index in [1.807, 2.05) is 32.0 Å². The van der Waals surface area contributed by atoms with Gasteiger partial charge in [0.05, 0.1) is 5.02 Å². The van der Waals surface area contributed by atoms with Crippen LogP contribution >= 0.6 is 22.9 Å². The summed E-state index contributed by atoms with van der Waals surface area (Å²) in [5.41, 5.74) is 2.70. The van der Waals surface area contributed by atoms with Gasteiger partial charge >= 0.3 is 0 Å². The molecule has 5 rings (SSSR count). The van der Waals surface area contributed by atoms with Crippen molar-refractivity contribution in [2.75, 3.05) is 0 Å². The van der Waals surface area contributed by atoms with Crippen molar-refractivity contribution in [2.24, 2.45) is 0 Å². The predicted molar refractivity (Wildman–Crippen MR) is 143 cm³/mol. The summed E-state index contributed by atoms with van der Waals surface area (Å²) in [4.78, 5) is 16.7. The van der Waals surface area contributed by atoms with Crippen molar-refractivity contribution in [3.8, 4) is 0 Å². The molecule has 0 spiro atoms. The molecule has 2 saturated carbocycles. The third kappa shape index (κ3) is 5.46. The van der Waals surface area contributed by atoms with Crippen molar-refractivity contribution in [3.63, 3.8) is 0 Å². The SMILES string of the molecule is CC.O=C(c1sc2ccccc2c1Cl)N(Cc1cccc(C2CCCC2)c1)C1CCCCC1. The number of carbonyl (C=O) groups excluding carboxylic acids is 1. The molecular formula is C29H36ClNOS. The van der Waals surface area contributed by atoms with Crippen molar-refractivity contribution in [2.45, 2.75) is 90.1 Å². The third-order valence-corrected chi connectivity index (χ3v) is 8.80. The van der Waals surface area contributed by atoms with Gasteiger partial charge in [-0.2, -0.15) is 0 Å². The van der Waals surface area contributed by atoms with Crippen LogP contribution in [0.25, 0.3) is 10.1 Å². The molecule has 176 valence electrons. The summed E-state index contributed by atoms with van der Waals surface area (Å²) >= 11 is 8.25. The molecule has 0 saturated heterocycles. The monoisotopic (exact) mass is 481 g/mol. The van der Waals surface area contributed by atoms with Gasteiger partial charge in [-0.15, -0.1) is 11.3 Å². The Balaban J connectivity index is 0.00000126. The van der Waals surface area contributed by atoms with E-state index in [-0.39, 0.29) is 5.91 Å². The molecule has 0 unspecified atom stereocenters. The zero-order chi connectivity index (χ0) is 23.2. The predicted octanol–water partition coefficient (Wildman–Crippen LogP) is 9.21. The van der Waals surface area contributed by atoms with Crippen molar-refractivity contribution in [1.29, 1.82) is 0 Å². The number of amides is 1. The average molecular weight is 482 g/mol. The number of rotatable bonds is 5. The second kappa shape index (κ2) is 11.5. The highest BCUT2D eigenvalue weighted by Gasteiger charge is 2.29. The van der Waals surface area contributed by atoms with E-state index in [9.17, 15) is 4.79 Å². The number of hydrogen-bond acceptors (Lipinski definition) is 2. The lowest BCUT2D eigenvalue weighted by molar-refractivity contribution is 0.0619. The maximum atomic E-state index is 13.8. The number of carbonyl (C=O) groups is 1. The number of nitrogens with zero attached hydrogens (tertiary/aromatic N) is 1. The molecule has 0 bridgehead atoms. The summed E-state index contributed by atoms with van der Waals surface area (Å²) in [5, 5.41) is 1.61. The highest BCUT2D eigenvalue weighted by atomic mass is 35.5. The largest absolute Gasteiger partial charge is 0.331 e. The van der Waals surface area contributed by atoms with Crippen LogP contribution in [0.15, 0.2) is 48.5 Å². The molecule has 4 heteroatoms. The molecule has 2 fully saturated rings. The second-order valence-corrected chi connectivity index (χ2v) is 10.6. The number of thiophene rings is 1. The van der Waals surface area contributed by atoms with Crippen LogP contribution in [0, 0.1) is 0 Å². The number of halogens is 1. The smallest absolute Gasteiger partial charge is 0.266 e. The summed E-state index contributed by atoms with van der Waals surface area (Å²) in [7, 11) is 0. The topological polar surface area (TPSA) is 20.3 Å². The van der Waals surface area contributed by atoms with Crippen molar-refractivity contribution >= 4 is 38.9 Å². The van der Waals surface area contributed by atoms with Gasteiger partial charge in [0, 0.05) is 22.7 Å². The highest BCUT2D eigenvalue weighted by molar-refractivity contribution is 7.21. The first-order chi connectivity index (χ1) is 16.2. The molecule has 1 aromatic heterocycles. The molecular weight excluding hydrogens is 446 g/mol. The van der Waals surface area contributed by atoms with Crippen molar-refractivity contribution < 1.29 is 4.79 Å². The summed E-state index contributed by atoms with van der Waals surface area (Å²) in [6, 6.07) is 17.4. The first-order valence-electron chi connectivity index (χ1n) is 12.8. The zero-order valence-electron chi connectivity index (χ0n) is 20.0. The Bertz CT molecular complexity index is 1060. The van der Waals surface area contributed by atoms with Crippen LogP contribution in [-0.4, -0.2) is 16.8 Å². The zero-order valence-corrected chi connectivity index (χ0v) is 21.6. The molecule has 2 nitrogen and oxygen atoms in total. The van der Waals surface area contributed by atoms with Crippen LogP contribution in [0.4, 0.5) is 0 Å². The minimum Gasteiger partial charge on any atom is -0.331 e. The van der Waals surface area contributed by atoms with Crippen LogP contribution in [0.3, 0.4) is 0 Å². The quantitative estimate of drug-likeness (QED) is 0.355. The Morgan fingerprint density at radius 1 is 0.939 bits per heavy atom. The van der Waals surface area contributed by atoms with E-state index in [1.165, 1.54) is 67.4 Å². The van der Waals surface area contributed by atoms with Crippen LogP contribution in [0.2, 0.25) is 5.02 Å². The van der Waals surface area contributed by atoms with Gasteiger partial charge in [0.1, 0.15) is 4.88 Å². The third-order valence-electron chi connectivity index (χ3n) is 7.14. The van der Waals surface area contributed by atoms with E-state index >= 15 is 0 Å². The fourth-order valence-electron chi connectivity index (χ4n) is 5.44. The fourth-order valence-corrected chi connectivity index (χ4v) is 6.91. The number of benzene rings is 2. The first-order valence-corrected chi connectivity index (χ1v) is 14.0. The Labute approximate surface area is 208 Å². The van der Waals surface area contributed by atoms with E-state index in [2.05, 4.69) is 35.2 Å². The van der Waals surface area contributed by atoms with Gasteiger partial charge in [-0.05, 0) is 48.8 Å². The molecule has 1 amide bonds. The van der Waals surface area contributed by atoms with E-state index in [0.29, 0.717) is 28.4 Å². The van der Waals surface area contributed by atoms with Gasteiger partial charge in [-0.1, -0.05) is 100 Å². The summed E-state index contributed by atoms with van der Waals surface area (Å²) in [5.74, 6) is 0.792. The van der Waals surface area contributed by atoms with Crippen LogP contribution in [0.5, 0.6) is 0 Å². The number of fused-ring (bicyclic) bond motifs is 1. The second-order valence-electron chi connectivity index (χ2n) is 9.19. The number of hydrogen-bond donors (Lipinski definition) is 0. The maximum absolute atomic E-state index is 13.8. The first kappa shape index (κ1) is 24.3. The maximum Gasteiger partial charge on any atom is 0.266 e. The highest BCUT2D eigenvalue weighted by Crippen LogP contribution is 2.38. The Hall–Kier alpha value is -1.84. The van der Waals surface area contributed by atoms with Crippen molar-refractivity contribution in [1.82, 2.24) is 4.90 Å². The summed E-state index contributed by atoms with van der Waals surface area (Å²) in [6.07, 6.45) is 11.1. The van der Waals surface area contributed by atoms with Gasteiger partial charge in [0.2, 0.25) is 0 Å². The molecule has 2 aliphatic rings. The Kier molecular flexibility index (Phi) is 8.49. The van der Waals surface area contributed by atoms with Crippen LogP contribution in [-0.2, 0) is 6.54 Å². The molecule has 1 heterocycles. The van der Waals surface area contributed by atoms with Gasteiger partial charge in [-0.25, -0.2) is 0 Å². The minimum absolute atomic E-state index is 0.101. The van der Waals surface area contributed by atoms with E-state index in [4.69, 9.17) is 11.6 Å². The van der Waals surface area contributed by atoms with Gasteiger partial charge in [0.25, 0.3) is 5.91 Å². The van der Waals surface area contributed by atoms with Crippen molar-refractivity contribution in [3.05, 3.63) is 69.6 Å². The summed E-state index contributed by atoms with van der Waals surface area (Å²) < 4.78 is 1.09. The molecule has 2 aromatic carbocycles. The molecule has 0 atom stereocenters. The Morgan fingerprint density at radius 3 is 2.36 bits per heavy atom. The van der Waals surface area contributed by atoms with E-state index in [0.717, 1.165) is 22.9 Å². The van der Waals surface area contributed by atoms with E-state index < -0.39 is 0 Å².